The van der Waals surface area contributed by atoms with Crippen LogP contribution in [0, 0.1) is 5.92 Å². The Labute approximate surface area is 180 Å². The summed E-state index contributed by atoms with van der Waals surface area (Å²) in [5.41, 5.74) is 2.73. The minimum atomic E-state index is -1.65. The molecule has 1 saturated heterocycles. The third kappa shape index (κ3) is 9.47. The molecule has 1 aliphatic heterocycles. The highest BCUT2D eigenvalue weighted by Gasteiger charge is 2.37. The molecule has 5 heteroatoms. The SMILES string of the molecule is COC1CC(CC/C(C)=C/CCO)C(/C=C(\C)CCCO[Si](C)(C)C(C)(C)C)O1. The normalized spacial score (nSPS) is 24.4. The Morgan fingerprint density at radius 1 is 1.17 bits per heavy atom. The van der Waals surface area contributed by atoms with Gasteiger partial charge in [0.15, 0.2) is 14.6 Å². The van der Waals surface area contributed by atoms with Crippen molar-refractivity contribution in [3.63, 3.8) is 0 Å². The van der Waals surface area contributed by atoms with Gasteiger partial charge in [-0.15, -0.1) is 0 Å². The van der Waals surface area contributed by atoms with E-state index in [1.165, 1.54) is 11.1 Å². The maximum absolute atomic E-state index is 8.98. The Hall–Kier alpha value is -0.463. The fourth-order valence-corrected chi connectivity index (χ4v) is 4.50. The fraction of sp³-hybridized carbons (Fsp3) is 0.833. The second-order valence-electron chi connectivity index (χ2n) is 10.1. The molecule has 1 aliphatic rings. The maximum Gasteiger partial charge on any atom is 0.191 e. The fourth-order valence-electron chi connectivity index (χ4n) is 3.42. The first-order chi connectivity index (χ1) is 13.5. The van der Waals surface area contributed by atoms with E-state index in [9.17, 15) is 0 Å². The zero-order chi connectivity index (χ0) is 22.1. The summed E-state index contributed by atoms with van der Waals surface area (Å²) in [6.45, 7) is 16.9. The van der Waals surface area contributed by atoms with Gasteiger partial charge in [0.1, 0.15) is 0 Å². The number of methoxy groups -OCH3 is 1. The quantitative estimate of drug-likeness (QED) is 0.228. The van der Waals surface area contributed by atoms with Crippen molar-refractivity contribution in [2.45, 2.75) is 104 Å². The molecular formula is C24H46O4Si. The van der Waals surface area contributed by atoms with Gasteiger partial charge >= 0.3 is 0 Å². The third-order valence-electron chi connectivity index (χ3n) is 6.50. The van der Waals surface area contributed by atoms with Gasteiger partial charge in [-0.1, -0.05) is 44.1 Å². The molecule has 170 valence electrons. The van der Waals surface area contributed by atoms with Crippen molar-refractivity contribution in [3.05, 3.63) is 23.3 Å². The zero-order valence-corrected chi connectivity index (χ0v) is 21.2. The van der Waals surface area contributed by atoms with Gasteiger partial charge in [-0.2, -0.15) is 0 Å². The lowest BCUT2D eigenvalue weighted by molar-refractivity contribution is -0.105. The van der Waals surface area contributed by atoms with Gasteiger partial charge in [0.2, 0.25) is 0 Å². The number of hydrogen-bond acceptors (Lipinski definition) is 4. The van der Waals surface area contributed by atoms with E-state index in [0.29, 0.717) is 5.92 Å². The van der Waals surface area contributed by atoms with Crippen molar-refractivity contribution < 1.29 is 19.0 Å². The minimum Gasteiger partial charge on any atom is -0.417 e. The highest BCUT2D eigenvalue weighted by atomic mass is 28.4. The summed E-state index contributed by atoms with van der Waals surface area (Å²) in [6.07, 6.45) is 10.4. The summed E-state index contributed by atoms with van der Waals surface area (Å²) >= 11 is 0. The molecular weight excluding hydrogens is 380 g/mol. The van der Waals surface area contributed by atoms with Crippen LogP contribution in [-0.2, 0) is 13.9 Å². The molecule has 3 atom stereocenters. The van der Waals surface area contributed by atoms with Crippen molar-refractivity contribution in [1.82, 2.24) is 0 Å². The molecule has 29 heavy (non-hydrogen) atoms. The molecule has 1 rings (SSSR count). The Balaban J connectivity index is 2.54. The van der Waals surface area contributed by atoms with Crippen LogP contribution >= 0.6 is 0 Å². The van der Waals surface area contributed by atoms with E-state index in [1.54, 1.807) is 7.11 Å². The van der Waals surface area contributed by atoms with Crippen LogP contribution in [0.3, 0.4) is 0 Å². The molecule has 0 aromatic heterocycles. The van der Waals surface area contributed by atoms with E-state index in [1.807, 2.05) is 0 Å². The Morgan fingerprint density at radius 2 is 1.86 bits per heavy atom. The topological polar surface area (TPSA) is 47.9 Å². The summed E-state index contributed by atoms with van der Waals surface area (Å²) in [7, 11) is 0.0768. The molecule has 0 aromatic rings. The number of hydrogen-bond donors (Lipinski definition) is 1. The number of allylic oxidation sites excluding steroid dienone is 2. The number of rotatable bonds is 12. The summed E-state index contributed by atoms with van der Waals surface area (Å²) in [4.78, 5) is 0. The van der Waals surface area contributed by atoms with Crippen molar-refractivity contribution in [2.75, 3.05) is 20.3 Å². The lowest BCUT2D eigenvalue weighted by Gasteiger charge is -2.36. The Bertz CT molecular complexity index is 533. The summed E-state index contributed by atoms with van der Waals surface area (Å²) in [5.74, 6) is 0.482. The monoisotopic (exact) mass is 426 g/mol. The van der Waals surface area contributed by atoms with Crippen molar-refractivity contribution in [2.24, 2.45) is 5.92 Å². The highest BCUT2D eigenvalue weighted by molar-refractivity contribution is 6.74. The van der Waals surface area contributed by atoms with Gasteiger partial charge in [-0.25, -0.2) is 0 Å². The largest absolute Gasteiger partial charge is 0.417 e. The van der Waals surface area contributed by atoms with Crippen LogP contribution in [0.2, 0.25) is 18.1 Å². The van der Waals surface area contributed by atoms with E-state index < -0.39 is 8.32 Å². The predicted molar refractivity (Wildman–Crippen MR) is 125 cm³/mol. The first-order valence-electron chi connectivity index (χ1n) is 11.3. The van der Waals surface area contributed by atoms with Crippen LogP contribution in [0.5, 0.6) is 0 Å². The Kier molecular flexibility index (Phi) is 11.4. The van der Waals surface area contributed by atoms with Crippen LogP contribution in [0.1, 0.15) is 73.1 Å². The van der Waals surface area contributed by atoms with Crippen LogP contribution in [-0.4, -0.2) is 46.1 Å². The first-order valence-corrected chi connectivity index (χ1v) is 14.2. The second kappa shape index (κ2) is 12.4. The lowest BCUT2D eigenvalue weighted by Crippen LogP contribution is -2.40. The molecule has 0 saturated carbocycles. The van der Waals surface area contributed by atoms with Gasteiger partial charge in [0.25, 0.3) is 0 Å². The number of aliphatic hydroxyl groups excluding tert-OH is 1. The maximum atomic E-state index is 8.98. The minimum absolute atomic E-state index is 0.0994. The average Bonchev–Trinajstić information content (AvgIpc) is 3.02. The summed E-state index contributed by atoms with van der Waals surface area (Å²) in [6, 6.07) is 0. The van der Waals surface area contributed by atoms with Crippen LogP contribution in [0.25, 0.3) is 0 Å². The standard InChI is InChI=1S/C24H46O4Si/c1-19(11-9-15-25)13-14-21-18-23(26-6)28-22(21)17-20(2)12-10-16-27-29(7,8)24(3,4)5/h11,17,21-23,25H,9-10,12-16,18H2,1-8H3/b19-11+,20-17+. The molecule has 0 bridgehead atoms. The van der Waals surface area contributed by atoms with Crippen molar-refractivity contribution >= 4 is 8.32 Å². The van der Waals surface area contributed by atoms with Crippen molar-refractivity contribution in [3.8, 4) is 0 Å². The van der Waals surface area contributed by atoms with E-state index in [-0.39, 0.29) is 24.0 Å². The average molecular weight is 427 g/mol. The lowest BCUT2D eigenvalue weighted by atomic mass is 9.92. The zero-order valence-electron chi connectivity index (χ0n) is 20.2. The smallest absolute Gasteiger partial charge is 0.191 e. The van der Waals surface area contributed by atoms with E-state index in [0.717, 1.165) is 45.1 Å². The van der Waals surface area contributed by atoms with E-state index in [2.05, 4.69) is 59.9 Å². The molecule has 1 N–H and O–H groups in total. The predicted octanol–water partition coefficient (Wildman–Crippen LogP) is 6.22. The molecule has 0 radical (unpaired) electrons. The molecule has 1 heterocycles. The molecule has 0 aromatic carbocycles. The van der Waals surface area contributed by atoms with Gasteiger partial charge < -0.3 is 19.0 Å². The third-order valence-corrected chi connectivity index (χ3v) is 11.0. The molecule has 1 fully saturated rings. The summed E-state index contributed by atoms with van der Waals surface area (Å²) < 4.78 is 17.9. The molecule has 0 amide bonds. The second-order valence-corrected chi connectivity index (χ2v) is 14.9. The van der Waals surface area contributed by atoms with Gasteiger partial charge in [0.05, 0.1) is 6.10 Å². The van der Waals surface area contributed by atoms with E-state index in [4.69, 9.17) is 19.0 Å². The highest BCUT2D eigenvalue weighted by Crippen LogP contribution is 2.37. The molecule has 0 aliphatic carbocycles. The van der Waals surface area contributed by atoms with Crippen LogP contribution in [0.15, 0.2) is 23.3 Å². The first kappa shape index (κ1) is 26.6. The number of ether oxygens (including phenoxy) is 2. The van der Waals surface area contributed by atoms with Gasteiger partial charge in [-0.05, 0) is 70.0 Å². The summed E-state index contributed by atoms with van der Waals surface area (Å²) in [5, 5.41) is 9.25. The molecule has 0 spiro atoms. The molecule has 4 nitrogen and oxygen atoms in total. The molecule has 3 unspecified atom stereocenters. The number of aliphatic hydroxyl groups is 1. The van der Waals surface area contributed by atoms with Crippen LogP contribution < -0.4 is 0 Å². The Morgan fingerprint density at radius 3 is 2.45 bits per heavy atom. The van der Waals surface area contributed by atoms with E-state index >= 15 is 0 Å². The van der Waals surface area contributed by atoms with Gasteiger partial charge in [-0.3, -0.25) is 0 Å². The van der Waals surface area contributed by atoms with Gasteiger partial charge in [0, 0.05) is 26.7 Å². The van der Waals surface area contributed by atoms with Crippen molar-refractivity contribution in [1.29, 1.82) is 0 Å². The van der Waals surface area contributed by atoms with Crippen LogP contribution in [0.4, 0.5) is 0 Å².